The van der Waals surface area contributed by atoms with Crippen molar-refractivity contribution in [2.24, 2.45) is 0 Å². The molecule has 0 amide bonds. The summed E-state index contributed by atoms with van der Waals surface area (Å²) >= 11 is 4.02. The Labute approximate surface area is 198 Å². The molecule has 0 saturated heterocycles. The van der Waals surface area contributed by atoms with Crippen molar-refractivity contribution in [3.63, 3.8) is 0 Å². The van der Waals surface area contributed by atoms with Gasteiger partial charge in [-0.25, -0.2) is 0 Å². The molecule has 2 heterocycles. The summed E-state index contributed by atoms with van der Waals surface area (Å²) in [5, 5.41) is 0. The van der Waals surface area contributed by atoms with Gasteiger partial charge in [0.2, 0.25) is 0 Å². The first-order chi connectivity index (χ1) is 14.1. The van der Waals surface area contributed by atoms with Crippen LogP contribution in [0.25, 0.3) is 0 Å². The Morgan fingerprint density at radius 3 is 1.48 bits per heavy atom. The summed E-state index contributed by atoms with van der Waals surface area (Å²) in [5.74, 6) is 0. The molecule has 0 atom stereocenters. The van der Waals surface area contributed by atoms with Gasteiger partial charge in [0, 0.05) is 41.7 Å². The molecule has 0 spiro atoms. The highest BCUT2D eigenvalue weighted by molar-refractivity contribution is 9.10. The second-order valence-corrected chi connectivity index (χ2v) is 12.8. The van der Waals surface area contributed by atoms with E-state index < -0.39 is 0 Å². The van der Waals surface area contributed by atoms with Gasteiger partial charge in [0.1, 0.15) is 0 Å². The lowest BCUT2D eigenvalue weighted by atomic mass is 9.84. The van der Waals surface area contributed by atoms with E-state index in [9.17, 15) is 0 Å². The van der Waals surface area contributed by atoms with E-state index in [1.165, 1.54) is 21.2 Å². The van der Waals surface area contributed by atoms with Crippen LogP contribution in [0.2, 0.25) is 0 Å². The fraction of sp³-hybridized carbons (Fsp3) is 0.593. The van der Waals surface area contributed by atoms with Gasteiger partial charge in [0.25, 0.3) is 0 Å². The zero-order valence-corrected chi connectivity index (χ0v) is 22.5. The first kappa shape index (κ1) is 24.4. The maximum absolute atomic E-state index is 5.05. The van der Waals surface area contributed by atoms with Gasteiger partial charge in [-0.3, -0.25) is 14.8 Å². The first-order valence-corrected chi connectivity index (χ1v) is 12.2. The summed E-state index contributed by atoms with van der Waals surface area (Å²) in [5.41, 5.74) is 6.60. The molecule has 1 aromatic carbocycles. The molecule has 1 aliphatic heterocycles. The van der Waals surface area contributed by atoms with Gasteiger partial charge in [-0.2, -0.15) is 0 Å². The minimum atomic E-state index is 0.0383. The van der Waals surface area contributed by atoms with Crippen molar-refractivity contribution in [1.82, 2.24) is 14.8 Å². The van der Waals surface area contributed by atoms with Crippen molar-refractivity contribution in [1.29, 1.82) is 0 Å². The van der Waals surface area contributed by atoms with Gasteiger partial charge < -0.3 is 0 Å². The van der Waals surface area contributed by atoms with Crippen LogP contribution in [0.15, 0.2) is 34.8 Å². The van der Waals surface area contributed by atoms with Crippen molar-refractivity contribution >= 4 is 15.9 Å². The minimum absolute atomic E-state index is 0.0383. The summed E-state index contributed by atoms with van der Waals surface area (Å²) in [6, 6.07) is 11.3. The Morgan fingerprint density at radius 1 is 0.710 bits per heavy atom. The molecule has 0 radical (unpaired) electrons. The number of pyridine rings is 1. The van der Waals surface area contributed by atoms with Gasteiger partial charge in [0.15, 0.2) is 0 Å². The number of nitrogens with zero attached hydrogens (tertiary/aromatic N) is 3. The summed E-state index contributed by atoms with van der Waals surface area (Å²) in [6.45, 7) is 24.2. The summed E-state index contributed by atoms with van der Waals surface area (Å²) < 4.78 is 1.25. The lowest BCUT2D eigenvalue weighted by Crippen LogP contribution is -2.42. The number of benzene rings is 1. The fourth-order valence-corrected chi connectivity index (χ4v) is 4.46. The van der Waals surface area contributed by atoms with E-state index in [0.717, 1.165) is 37.6 Å². The van der Waals surface area contributed by atoms with Crippen molar-refractivity contribution in [3.8, 4) is 0 Å². The van der Waals surface area contributed by atoms with Crippen LogP contribution in [-0.4, -0.2) is 25.9 Å². The normalized spacial score (nSPS) is 17.2. The molecule has 3 nitrogen and oxygen atoms in total. The Morgan fingerprint density at radius 2 is 1.13 bits per heavy atom. The van der Waals surface area contributed by atoms with Gasteiger partial charge >= 0.3 is 0 Å². The minimum Gasteiger partial charge on any atom is -0.288 e. The number of hydrogen-bond acceptors (Lipinski definition) is 3. The maximum Gasteiger partial charge on any atom is 0.0548 e. The Bertz CT molecular complexity index is 866. The summed E-state index contributed by atoms with van der Waals surface area (Å²) in [4.78, 5) is 10.1. The van der Waals surface area contributed by atoms with E-state index in [1.54, 1.807) is 0 Å². The maximum atomic E-state index is 5.05. The monoisotopic (exact) mass is 485 g/mol. The molecule has 4 bridgehead atoms. The number of aromatic nitrogens is 1. The molecule has 170 valence electrons. The van der Waals surface area contributed by atoms with Gasteiger partial charge in [-0.05, 0) is 75.8 Å². The van der Waals surface area contributed by atoms with Crippen LogP contribution in [0.1, 0.15) is 90.4 Å². The highest BCUT2D eigenvalue weighted by Crippen LogP contribution is 2.35. The predicted molar refractivity (Wildman–Crippen MR) is 135 cm³/mol. The molecule has 4 heteroatoms. The average molecular weight is 487 g/mol. The van der Waals surface area contributed by atoms with Crippen molar-refractivity contribution in [3.05, 3.63) is 62.9 Å². The number of rotatable bonds is 0. The third-order valence-electron chi connectivity index (χ3n) is 6.28. The molecule has 0 N–H and O–H groups in total. The van der Waals surface area contributed by atoms with E-state index in [0.29, 0.717) is 0 Å². The highest BCUT2D eigenvalue weighted by Gasteiger charge is 2.28. The molecule has 1 aromatic heterocycles. The van der Waals surface area contributed by atoms with E-state index in [4.69, 9.17) is 4.98 Å². The van der Waals surface area contributed by atoms with Crippen LogP contribution in [0.5, 0.6) is 0 Å². The quantitative estimate of drug-likeness (QED) is 0.398. The highest BCUT2D eigenvalue weighted by atomic mass is 79.9. The van der Waals surface area contributed by atoms with E-state index in [1.807, 2.05) is 0 Å². The third kappa shape index (κ3) is 5.97. The summed E-state index contributed by atoms with van der Waals surface area (Å²) in [6.07, 6.45) is 0. The third-order valence-corrected chi connectivity index (χ3v) is 7.30. The Hall–Kier alpha value is -1.23. The molecule has 1 aliphatic rings. The second-order valence-electron chi connectivity index (χ2n) is 12.0. The van der Waals surface area contributed by atoms with Gasteiger partial charge in [-0.15, -0.1) is 0 Å². The summed E-state index contributed by atoms with van der Waals surface area (Å²) in [7, 11) is 0. The van der Waals surface area contributed by atoms with Crippen molar-refractivity contribution in [2.45, 2.75) is 105 Å². The van der Waals surface area contributed by atoms with Gasteiger partial charge in [0.05, 0.1) is 11.4 Å². The van der Waals surface area contributed by atoms with Crippen molar-refractivity contribution < 1.29 is 0 Å². The topological polar surface area (TPSA) is 19.4 Å². The smallest absolute Gasteiger partial charge is 0.0548 e. The predicted octanol–water partition coefficient (Wildman–Crippen LogP) is 7.06. The largest absolute Gasteiger partial charge is 0.288 e. The fourth-order valence-electron chi connectivity index (χ4n) is 3.98. The Balaban J connectivity index is 2.21. The zero-order chi connectivity index (χ0) is 23.2. The van der Waals surface area contributed by atoms with E-state index >= 15 is 0 Å². The van der Waals surface area contributed by atoms with E-state index in [2.05, 4.69) is 118 Å². The number of hydrogen-bond donors (Lipinski definition) is 0. The molecule has 31 heavy (non-hydrogen) atoms. The lowest BCUT2D eigenvalue weighted by molar-refractivity contribution is 0.109. The SMILES string of the molecule is CC(C)(C)c1cc2c(Br)c(c1)CN(C(C)(C)C)Cc1cccc(n1)CN(C(C)(C)C)C2. The molecular formula is C27H40BrN3. The zero-order valence-electron chi connectivity index (χ0n) is 20.9. The van der Waals surface area contributed by atoms with Crippen LogP contribution in [0.4, 0.5) is 0 Å². The van der Waals surface area contributed by atoms with Crippen LogP contribution >= 0.6 is 15.9 Å². The van der Waals surface area contributed by atoms with E-state index in [-0.39, 0.29) is 16.5 Å². The van der Waals surface area contributed by atoms with Crippen LogP contribution < -0.4 is 0 Å². The molecule has 3 rings (SSSR count). The van der Waals surface area contributed by atoms with Crippen molar-refractivity contribution in [2.75, 3.05) is 0 Å². The Kier molecular flexibility index (Phi) is 6.78. The molecule has 2 aromatic rings. The molecule has 0 aliphatic carbocycles. The van der Waals surface area contributed by atoms with Crippen LogP contribution in [0, 0.1) is 0 Å². The molecule has 0 fully saturated rings. The second kappa shape index (κ2) is 8.61. The average Bonchev–Trinajstić information content (AvgIpc) is 2.60. The molecule has 0 unspecified atom stereocenters. The number of halogens is 1. The first-order valence-electron chi connectivity index (χ1n) is 11.4. The van der Waals surface area contributed by atoms with Crippen LogP contribution in [-0.2, 0) is 31.6 Å². The number of fused-ring (bicyclic) bond motifs is 4. The lowest BCUT2D eigenvalue weighted by Gasteiger charge is -2.39. The van der Waals surface area contributed by atoms with Gasteiger partial charge in [-0.1, -0.05) is 54.9 Å². The molecule has 0 saturated carbocycles. The standard InChI is InChI=1S/C27H40BrN3/c1-25(2,3)21-13-19-15-30(26(4,5)6)17-22-11-10-12-23(29-22)18-31(27(7,8)9)16-20(14-21)24(19)28/h10-14H,15-18H2,1-9H3. The molecular weight excluding hydrogens is 446 g/mol. The van der Waals surface area contributed by atoms with Crippen LogP contribution in [0.3, 0.4) is 0 Å².